The molecule has 2 fully saturated rings. The second-order valence-corrected chi connectivity index (χ2v) is 9.26. The van der Waals surface area contributed by atoms with E-state index < -0.39 is 15.4 Å². The third-order valence-corrected chi connectivity index (χ3v) is 6.71. The Hall–Kier alpha value is -1.60. The number of sulfone groups is 1. The van der Waals surface area contributed by atoms with Crippen LogP contribution in [0.5, 0.6) is 0 Å². The maximum Gasteiger partial charge on any atom is 0.251 e. The van der Waals surface area contributed by atoms with E-state index in [0.717, 1.165) is 6.42 Å². The van der Waals surface area contributed by atoms with Gasteiger partial charge >= 0.3 is 0 Å². The molecule has 0 aliphatic carbocycles. The van der Waals surface area contributed by atoms with Crippen LogP contribution in [-0.4, -0.2) is 43.8 Å². The highest BCUT2D eigenvalue weighted by Crippen LogP contribution is 2.31. The van der Waals surface area contributed by atoms with Crippen molar-refractivity contribution >= 4 is 38.9 Å². The Kier molecular flexibility index (Phi) is 4.34. The minimum Gasteiger partial charge on any atom is -0.346 e. The van der Waals surface area contributed by atoms with Gasteiger partial charge in [-0.15, -0.1) is 0 Å². The highest BCUT2D eigenvalue weighted by atomic mass is 35.5. The molecule has 2 saturated heterocycles. The lowest BCUT2D eigenvalue weighted by atomic mass is 10.0. The molecular formula is C16H19ClN2O4S. The zero-order valence-corrected chi connectivity index (χ0v) is 14.9. The van der Waals surface area contributed by atoms with Crippen molar-refractivity contribution in [3.8, 4) is 0 Å². The van der Waals surface area contributed by atoms with Crippen molar-refractivity contribution in [3.05, 3.63) is 28.8 Å². The molecule has 2 aliphatic rings. The van der Waals surface area contributed by atoms with Gasteiger partial charge in [-0.1, -0.05) is 11.6 Å². The predicted molar refractivity (Wildman–Crippen MR) is 92.2 cm³/mol. The average molecular weight is 371 g/mol. The van der Waals surface area contributed by atoms with Crippen LogP contribution in [0.2, 0.25) is 5.02 Å². The Bertz CT molecular complexity index is 808. The summed E-state index contributed by atoms with van der Waals surface area (Å²) in [6.07, 6.45) is 1.64. The molecular weight excluding hydrogens is 352 g/mol. The number of hydrogen-bond acceptors (Lipinski definition) is 4. The topological polar surface area (TPSA) is 83.6 Å². The monoisotopic (exact) mass is 370 g/mol. The van der Waals surface area contributed by atoms with Crippen LogP contribution in [0.3, 0.4) is 0 Å². The Morgan fingerprint density at radius 1 is 1.38 bits per heavy atom. The molecule has 1 aromatic carbocycles. The van der Waals surface area contributed by atoms with Gasteiger partial charge in [-0.3, -0.25) is 9.59 Å². The zero-order valence-electron chi connectivity index (χ0n) is 13.3. The third kappa shape index (κ3) is 3.42. The van der Waals surface area contributed by atoms with E-state index >= 15 is 0 Å². The zero-order chi connectivity index (χ0) is 17.5. The van der Waals surface area contributed by atoms with Crippen molar-refractivity contribution in [2.75, 3.05) is 23.0 Å². The maximum atomic E-state index is 12.5. The van der Waals surface area contributed by atoms with Crippen molar-refractivity contribution in [1.82, 2.24) is 5.32 Å². The predicted octanol–water partition coefficient (Wildman–Crippen LogP) is 1.77. The van der Waals surface area contributed by atoms with Crippen molar-refractivity contribution in [2.45, 2.75) is 31.7 Å². The lowest BCUT2D eigenvalue weighted by molar-refractivity contribution is -0.117. The third-order valence-electron chi connectivity index (χ3n) is 4.49. The maximum absolute atomic E-state index is 12.5. The van der Waals surface area contributed by atoms with Gasteiger partial charge in [-0.05, 0) is 38.0 Å². The smallest absolute Gasteiger partial charge is 0.251 e. The summed E-state index contributed by atoms with van der Waals surface area (Å²) in [5.41, 5.74) is 0.120. The molecule has 2 aliphatic heterocycles. The number of nitrogens with one attached hydrogen (secondary N) is 1. The first-order valence-electron chi connectivity index (χ1n) is 7.82. The van der Waals surface area contributed by atoms with Crippen molar-refractivity contribution in [3.63, 3.8) is 0 Å². The van der Waals surface area contributed by atoms with Crippen molar-refractivity contribution in [1.29, 1.82) is 0 Å². The largest absolute Gasteiger partial charge is 0.346 e. The second-order valence-electron chi connectivity index (χ2n) is 6.67. The summed E-state index contributed by atoms with van der Waals surface area (Å²) in [6, 6.07) is 4.76. The molecule has 0 spiro atoms. The molecule has 24 heavy (non-hydrogen) atoms. The van der Waals surface area contributed by atoms with E-state index in [1.165, 1.54) is 0 Å². The summed E-state index contributed by atoms with van der Waals surface area (Å²) in [5, 5.41) is 3.22. The van der Waals surface area contributed by atoms with E-state index in [-0.39, 0.29) is 23.3 Å². The molecule has 0 saturated carbocycles. The van der Waals surface area contributed by atoms with Crippen LogP contribution in [0.15, 0.2) is 18.2 Å². The van der Waals surface area contributed by atoms with Crippen LogP contribution in [0.25, 0.3) is 0 Å². The molecule has 0 radical (unpaired) electrons. The second kappa shape index (κ2) is 6.04. The summed E-state index contributed by atoms with van der Waals surface area (Å²) in [5.74, 6) is -0.350. The van der Waals surface area contributed by atoms with Gasteiger partial charge in [0.2, 0.25) is 5.91 Å². The van der Waals surface area contributed by atoms with Crippen LogP contribution >= 0.6 is 11.6 Å². The highest BCUT2D eigenvalue weighted by molar-refractivity contribution is 7.91. The normalized spacial score (nSPS) is 25.9. The van der Waals surface area contributed by atoms with Gasteiger partial charge in [0, 0.05) is 18.5 Å². The Labute approximate surface area is 146 Å². The number of hydrogen-bond donors (Lipinski definition) is 1. The van der Waals surface area contributed by atoms with Crippen molar-refractivity contribution < 1.29 is 18.0 Å². The summed E-state index contributed by atoms with van der Waals surface area (Å²) in [4.78, 5) is 26.0. The first-order chi connectivity index (χ1) is 11.2. The number of rotatable bonds is 3. The van der Waals surface area contributed by atoms with Gasteiger partial charge in [0.1, 0.15) is 0 Å². The molecule has 2 heterocycles. The highest BCUT2D eigenvalue weighted by Gasteiger charge is 2.39. The van der Waals surface area contributed by atoms with Gasteiger partial charge in [-0.25, -0.2) is 8.42 Å². The lowest BCUT2D eigenvalue weighted by Gasteiger charge is -2.24. The fraction of sp³-hybridized carbons (Fsp3) is 0.500. The molecule has 3 rings (SSSR count). The van der Waals surface area contributed by atoms with Crippen LogP contribution in [-0.2, 0) is 14.6 Å². The molecule has 0 aromatic heterocycles. The number of carbonyl (C=O) groups is 2. The Morgan fingerprint density at radius 2 is 2.12 bits per heavy atom. The van der Waals surface area contributed by atoms with Crippen molar-refractivity contribution in [2.24, 2.45) is 0 Å². The Morgan fingerprint density at radius 3 is 2.71 bits per heavy atom. The summed E-state index contributed by atoms with van der Waals surface area (Å²) < 4.78 is 23.3. The van der Waals surface area contributed by atoms with Gasteiger partial charge in [0.05, 0.1) is 27.8 Å². The fourth-order valence-electron chi connectivity index (χ4n) is 3.22. The van der Waals surface area contributed by atoms with E-state index in [1.807, 2.05) is 0 Å². The quantitative estimate of drug-likeness (QED) is 0.878. The molecule has 1 atom stereocenters. The van der Waals surface area contributed by atoms with Crippen LogP contribution in [0.1, 0.15) is 36.5 Å². The first-order valence-corrected chi connectivity index (χ1v) is 10.0. The van der Waals surface area contributed by atoms with E-state index in [4.69, 9.17) is 11.6 Å². The molecule has 1 N–H and O–H groups in total. The summed E-state index contributed by atoms with van der Waals surface area (Å²) in [6.45, 7) is 2.32. The molecule has 2 amide bonds. The number of benzene rings is 1. The molecule has 8 heteroatoms. The number of halogens is 1. The van der Waals surface area contributed by atoms with E-state index in [2.05, 4.69) is 5.32 Å². The molecule has 1 aromatic rings. The number of nitrogens with zero attached hydrogens (tertiary/aromatic N) is 1. The first kappa shape index (κ1) is 17.2. The summed E-state index contributed by atoms with van der Waals surface area (Å²) >= 11 is 6.18. The standard InChI is InChI=1S/C16H19ClN2O4S/c1-16(6-8-24(22,23)10-16)18-15(21)11-4-5-12(17)13(9-11)19-7-2-3-14(19)20/h4-5,9H,2-3,6-8,10H2,1H3,(H,18,21)/t16-/m1/s1. The van der Waals surface area contributed by atoms with E-state index in [0.29, 0.717) is 35.7 Å². The minimum absolute atomic E-state index is 0.0108. The summed E-state index contributed by atoms with van der Waals surface area (Å²) in [7, 11) is -3.11. The van der Waals surface area contributed by atoms with Gasteiger partial charge < -0.3 is 10.2 Å². The van der Waals surface area contributed by atoms with Crippen LogP contribution in [0, 0.1) is 0 Å². The van der Waals surface area contributed by atoms with E-state index in [9.17, 15) is 18.0 Å². The lowest BCUT2D eigenvalue weighted by Crippen LogP contribution is -2.46. The van der Waals surface area contributed by atoms with Crippen LogP contribution in [0.4, 0.5) is 5.69 Å². The number of anilines is 1. The number of amides is 2. The average Bonchev–Trinajstić information content (AvgIpc) is 3.02. The van der Waals surface area contributed by atoms with Crippen LogP contribution < -0.4 is 10.2 Å². The minimum atomic E-state index is -3.11. The van der Waals surface area contributed by atoms with Gasteiger partial charge in [0.25, 0.3) is 5.91 Å². The van der Waals surface area contributed by atoms with E-state index in [1.54, 1.807) is 30.0 Å². The van der Waals surface area contributed by atoms with Gasteiger partial charge in [0.15, 0.2) is 9.84 Å². The molecule has 0 bridgehead atoms. The number of carbonyl (C=O) groups excluding carboxylic acids is 2. The SMILES string of the molecule is C[C@@]1(NC(=O)c2ccc(Cl)c(N3CCCC3=O)c2)CCS(=O)(=O)C1. The fourth-order valence-corrected chi connectivity index (χ4v) is 5.53. The van der Waals surface area contributed by atoms with Gasteiger partial charge in [-0.2, -0.15) is 0 Å². The Balaban J connectivity index is 1.82. The molecule has 0 unspecified atom stereocenters. The molecule has 130 valence electrons. The molecule has 6 nitrogen and oxygen atoms in total.